The highest BCUT2D eigenvalue weighted by atomic mass is 19.1. The molecule has 2 nitrogen and oxygen atoms in total. The first-order chi connectivity index (χ1) is 9.07. The van der Waals surface area contributed by atoms with E-state index in [0.29, 0.717) is 23.3 Å². The first-order valence-corrected chi connectivity index (χ1v) is 6.66. The van der Waals surface area contributed by atoms with Gasteiger partial charge in [-0.3, -0.25) is 0 Å². The quantitative estimate of drug-likeness (QED) is 0.894. The Morgan fingerprint density at radius 1 is 1.37 bits per heavy atom. The monoisotopic (exact) mass is 265 g/mol. The summed E-state index contributed by atoms with van der Waals surface area (Å²) in [4.78, 5) is 0. The molecule has 0 bridgehead atoms. The molecule has 4 heteroatoms. The van der Waals surface area contributed by atoms with Gasteiger partial charge >= 0.3 is 0 Å². The molecule has 0 aliphatic carbocycles. The van der Waals surface area contributed by atoms with Crippen LogP contribution in [0.2, 0.25) is 0 Å². The van der Waals surface area contributed by atoms with E-state index < -0.39 is 5.67 Å². The van der Waals surface area contributed by atoms with Crippen LogP contribution in [0.3, 0.4) is 0 Å². The number of rotatable bonds is 2. The number of furan rings is 1. The number of hydrogen-bond acceptors (Lipinski definition) is 2. The van der Waals surface area contributed by atoms with Crippen LogP contribution in [0.1, 0.15) is 25.5 Å². The summed E-state index contributed by atoms with van der Waals surface area (Å²) in [7, 11) is 0. The molecule has 0 radical (unpaired) electrons. The summed E-state index contributed by atoms with van der Waals surface area (Å²) in [5.41, 5.74) is -0.993. The molecule has 1 aliphatic heterocycles. The van der Waals surface area contributed by atoms with Crippen LogP contribution in [0.4, 0.5) is 8.78 Å². The third kappa shape index (κ3) is 2.25. The van der Waals surface area contributed by atoms with Crippen LogP contribution in [-0.4, -0.2) is 13.1 Å². The lowest BCUT2D eigenvalue weighted by Gasteiger charge is -2.32. The third-order valence-corrected chi connectivity index (χ3v) is 4.02. The Kier molecular flexibility index (Phi) is 3.05. The van der Waals surface area contributed by atoms with E-state index in [1.165, 1.54) is 12.1 Å². The number of halogens is 2. The minimum atomic E-state index is -1.52. The highest BCUT2D eigenvalue weighted by Crippen LogP contribution is 2.39. The maximum atomic E-state index is 15.0. The van der Waals surface area contributed by atoms with Crippen molar-refractivity contribution < 1.29 is 13.2 Å². The molecule has 3 rings (SSSR count). The predicted molar refractivity (Wildman–Crippen MR) is 70.2 cm³/mol. The average molecular weight is 265 g/mol. The molecule has 1 saturated heterocycles. The maximum absolute atomic E-state index is 15.0. The fourth-order valence-corrected chi connectivity index (χ4v) is 2.77. The molecule has 1 aromatic heterocycles. The van der Waals surface area contributed by atoms with Crippen molar-refractivity contribution in [1.82, 2.24) is 5.32 Å². The van der Waals surface area contributed by atoms with Crippen molar-refractivity contribution in [2.45, 2.75) is 25.4 Å². The Labute approximate surface area is 110 Å². The molecule has 1 aromatic carbocycles. The zero-order valence-corrected chi connectivity index (χ0v) is 10.9. The van der Waals surface area contributed by atoms with Gasteiger partial charge in [0.25, 0.3) is 0 Å². The lowest BCUT2D eigenvalue weighted by molar-refractivity contribution is 0.0591. The highest BCUT2D eigenvalue weighted by Gasteiger charge is 2.39. The van der Waals surface area contributed by atoms with Crippen molar-refractivity contribution in [2.75, 3.05) is 13.1 Å². The molecule has 1 aliphatic rings. The molecule has 1 fully saturated rings. The van der Waals surface area contributed by atoms with E-state index in [-0.39, 0.29) is 11.7 Å². The van der Waals surface area contributed by atoms with E-state index in [4.69, 9.17) is 4.42 Å². The van der Waals surface area contributed by atoms with Gasteiger partial charge in [-0.15, -0.1) is 0 Å². The first kappa shape index (κ1) is 12.6. The summed E-state index contributed by atoms with van der Waals surface area (Å²) in [6, 6.07) is 5.86. The zero-order valence-electron chi connectivity index (χ0n) is 10.9. The fraction of sp³-hybridized carbons (Fsp3) is 0.467. The van der Waals surface area contributed by atoms with Crippen LogP contribution >= 0.6 is 0 Å². The van der Waals surface area contributed by atoms with Crippen LogP contribution in [-0.2, 0) is 5.67 Å². The van der Waals surface area contributed by atoms with E-state index in [2.05, 4.69) is 5.32 Å². The second kappa shape index (κ2) is 4.60. The molecule has 2 aromatic rings. The van der Waals surface area contributed by atoms with Crippen molar-refractivity contribution >= 4 is 11.0 Å². The van der Waals surface area contributed by atoms with Crippen LogP contribution in [0, 0.1) is 11.7 Å². The topological polar surface area (TPSA) is 25.2 Å². The van der Waals surface area contributed by atoms with Crippen LogP contribution in [0.5, 0.6) is 0 Å². The Hall–Kier alpha value is -1.42. The standard InChI is InChI=1S/C15H17F2NO/c1-15(17,11-3-2-6-18-9-11)14-8-10-7-12(16)4-5-13(10)19-14/h4-5,7-8,11,18H,2-3,6,9H2,1H3. The zero-order chi connectivity index (χ0) is 13.5. The molecule has 0 spiro atoms. The van der Waals surface area contributed by atoms with E-state index in [9.17, 15) is 4.39 Å². The number of alkyl halides is 1. The van der Waals surface area contributed by atoms with E-state index in [0.717, 1.165) is 19.4 Å². The predicted octanol–water partition coefficient (Wildman–Crippen LogP) is 3.76. The largest absolute Gasteiger partial charge is 0.458 e. The molecule has 0 amide bonds. The second-order valence-electron chi connectivity index (χ2n) is 5.41. The molecule has 2 atom stereocenters. The molecule has 0 saturated carbocycles. The number of nitrogens with one attached hydrogen (secondary N) is 1. The molecular formula is C15H17F2NO. The van der Waals surface area contributed by atoms with Gasteiger partial charge in [-0.1, -0.05) is 0 Å². The van der Waals surface area contributed by atoms with Gasteiger partial charge in [0.05, 0.1) is 0 Å². The fourth-order valence-electron chi connectivity index (χ4n) is 2.77. The van der Waals surface area contributed by atoms with Gasteiger partial charge in [0, 0.05) is 17.8 Å². The van der Waals surface area contributed by atoms with Crippen LogP contribution < -0.4 is 5.32 Å². The average Bonchev–Trinajstić information content (AvgIpc) is 2.83. The molecule has 1 N–H and O–H groups in total. The molecule has 2 heterocycles. The van der Waals surface area contributed by atoms with Crippen molar-refractivity contribution in [2.24, 2.45) is 5.92 Å². The lowest BCUT2D eigenvalue weighted by Crippen LogP contribution is -2.39. The molecular weight excluding hydrogens is 248 g/mol. The van der Waals surface area contributed by atoms with E-state index in [1.807, 2.05) is 0 Å². The third-order valence-electron chi connectivity index (χ3n) is 4.02. The van der Waals surface area contributed by atoms with Gasteiger partial charge in [0.2, 0.25) is 0 Å². The summed E-state index contributed by atoms with van der Waals surface area (Å²) in [6.45, 7) is 3.15. The summed E-state index contributed by atoms with van der Waals surface area (Å²) >= 11 is 0. The Morgan fingerprint density at radius 3 is 2.95 bits per heavy atom. The Morgan fingerprint density at radius 2 is 2.21 bits per heavy atom. The highest BCUT2D eigenvalue weighted by molar-refractivity contribution is 5.78. The van der Waals surface area contributed by atoms with Gasteiger partial charge in [-0.05, 0) is 50.6 Å². The maximum Gasteiger partial charge on any atom is 0.169 e. The number of benzene rings is 1. The van der Waals surface area contributed by atoms with Crippen molar-refractivity contribution in [1.29, 1.82) is 0 Å². The minimum Gasteiger partial charge on any atom is -0.458 e. The number of piperidine rings is 1. The molecule has 102 valence electrons. The van der Waals surface area contributed by atoms with Gasteiger partial charge < -0.3 is 9.73 Å². The number of fused-ring (bicyclic) bond motifs is 1. The van der Waals surface area contributed by atoms with Gasteiger partial charge in [-0.2, -0.15) is 0 Å². The van der Waals surface area contributed by atoms with Gasteiger partial charge in [0.1, 0.15) is 17.2 Å². The molecule has 19 heavy (non-hydrogen) atoms. The summed E-state index contributed by atoms with van der Waals surface area (Å²) < 4.78 is 33.7. The van der Waals surface area contributed by atoms with Gasteiger partial charge in [0.15, 0.2) is 5.67 Å². The summed E-state index contributed by atoms with van der Waals surface area (Å²) in [5.74, 6) is -0.145. The minimum absolute atomic E-state index is 0.105. The van der Waals surface area contributed by atoms with E-state index in [1.54, 1.807) is 19.1 Å². The van der Waals surface area contributed by atoms with Crippen LogP contribution in [0.25, 0.3) is 11.0 Å². The van der Waals surface area contributed by atoms with Crippen molar-refractivity contribution in [3.05, 3.63) is 35.8 Å². The summed E-state index contributed by atoms with van der Waals surface area (Å²) in [5, 5.41) is 3.83. The molecule has 2 unspecified atom stereocenters. The number of hydrogen-bond donors (Lipinski definition) is 1. The SMILES string of the molecule is CC(F)(c1cc2cc(F)ccc2o1)C1CCCNC1. The Bertz CT molecular complexity index is 585. The first-order valence-electron chi connectivity index (χ1n) is 6.66. The Balaban J connectivity index is 1.97. The lowest BCUT2D eigenvalue weighted by atomic mass is 9.83. The van der Waals surface area contributed by atoms with Crippen molar-refractivity contribution in [3.63, 3.8) is 0 Å². The second-order valence-corrected chi connectivity index (χ2v) is 5.41. The van der Waals surface area contributed by atoms with Crippen molar-refractivity contribution in [3.8, 4) is 0 Å². The van der Waals surface area contributed by atoms with Crippen LogP contribution in [0.15, 0.2) is 28.7 Å². The van der Waals surface area contributed by atoms with Gasteiger partial charge in [-0.25, -0.2) is 8.78 Å². The smallest absolute Gasteiger partial charge is 0.169 e. The summed E-state index contributed by atoms with van der Waals surface area (Å²) in [6.07, 6.45) is 1.81. The normalized spacial score (nSPS) is 23.4. The van der Waals surface area contributed by atoms with E-state index >= 15 is 4.39 Å².